The Kier molecular flexibility index (Phi) is 4.80. The highest BCUT2D eigenvalue weighted by atomic mass is 35.5. The van der Waals surface area contributed by atoms with Crippen LogP contribution in [0.15, 0.2) is 48.5 Å². The fourth-order valence-corrected chi connectivity index (χ4v) is 2.89. The molecule has 0 aromatic heterocycles. The number of fused-ring (bicyclic) bond motifs is 1. The zero-order chi connectivity index (χ0) is 15.4. The molecular formula is C17H17ClN2OS. The van der Waals surface area contributed by atoms with Gasteiger partial charge in [0, 0.05) is 23.2 Å². The van der Waals surface area contributed by atoms with Gasteiger partial charge < -0.3 is 15.4 Å². The van der Waals surface area contributed by atoms with Gasteiger partial charge in [-0.15, -0.1) is 0 Å². The lowest BCUT2D eigenvalue weighted by molar-refractivity contribution is 0.223. The minimum atomic E-state index is 0.411. The molecule has 5 heteroatoms. The van der Waals surface area contributed by atoms with Crippen molar-refractivity contribution in [3.05, 3.63) is 59.1 Å². The molecule has 0 radical (unpaired) electrons. The molecule has 3 nitrogen and oxygen atoms in total. The van der Waals surface area contributed by atoms with Gasteiger partial charge in [0.15, 0.2) is 5.11 Å². The molecule has 1 heterocycles. The number of thiocarbonyl (C=S) groups is 1. The Hall–Kier alpha value is -1.78. The first-order chi connectivity index (χ1) is 10.7. The first-order valence-electron chi connectivity index (χ1n) is 7.22. The maximum atomic E-state index is 5.95. The number of benzene rings is 2. The second kappa shape index (κ2) is 6.99. The molecule has 0 unspecified atom stereocenters. The van der Waals surface area contributed by atoms with Crippen molar-refractivity contribution in [3.8, 4) is 5.75 Å². The lowest BCUT2D eigenvalue weighted by Crippen LogP contribution is -2.36. The number of anilines is 1. The molecule has 2 aromatic rings. The SMILES string of the molecule is S=C(NC[C@@H]1COc2ccccc2C1)Nc1cccc(Cl)c1. The Morgan fingerprint density at radius 3 is 2.95 bits per heavy atom. The van der Waals surface area contributed by atoms with Crippen LogP contribution in [0.3, 0.4) is 0 Å². The summed E-state index contributed by atoms with van der Waals surface area (Å²) in [5.74, 6) is 1.41. The van der Waals surface area contributed by atoms with E-state index in [1.807, 2.05) is 42.5 Å². The Bertz CT molecular complexity index is 677. The summed E-state index contributed by atoms with van der Waals surface area (Å²) in [4.78, 5) is 0. The lowest BCUT2D eigenvalue weighted by Gasteiger charge is -2.25. The topological polar surface area (TPSA) is 33.3 Å². The van der Waals surface area contributed by atoms with E-state index in [4.69, 9.17) is 28.6 Å². The molecule has 0 fully saturated rings. The predicted molar refractivity (Wildman–Crippen MR) is 94.8 cm³/mol. The minimum Gasteiger partial charge on any atom is -0.493 e. The van der Waals surface area contributed by atoms with E-state index in [9.17, 15) is 0 Å². The van der Waals surface area contributed by atoms with Crippen molar-refractivity contribution >= 4 is 34.6 Å². The second-order valence-corrected chi connectivity index (χ2v) is 6.18. The van der Waals surface area contributed by atoms with Gasteiger partial charge in [-0.05, 0) is 48.5 Å². The summed E-state index contributed by atoms with van der Waals surface area (Å²) in [6, 6.07) is 15.7. The summed E-state index contributed by atoms with van der Waals surface area (Å²) >= 11 is 11.3. The van der Waals surface area contributed by atoms with Crippen molar-refractivity contribution in [2.75, 3.05) is 18.5 Å². The molecule has 0 aliphatic carbocycles. The normalized spacial score (nSPS) is 16.3. The molecule has 0 amide bonds. The maximum absolute atomic E-state index is 5.95. The Morgan fingerprint density at radius 1 is 1.23 bits per heavy atom. The number of ether oxygens (including phenoxy) is 1. The van der Waals surface area contributed by atoms with Crippen LogP contribution in [-0.4, -0.2) is 18.3 Å². The third kappa shape index (κ3) is 3.90. The third-order valence-corrected chi connectivity index (χ3v) is 4.07. The van der Waals surface area contributed by atoms with Crippen molar-refractivity contribution in [2.45, 2.75) is 6.42 Å². The molecule has 1 aliphatic rings. The first kappa shape index (κ1) is 15.1. The van der Waals surface area contributed by atoms with Crippen LogP contribution in [-0.2, 0) is 6.42 Å². The number of hydrogen-bond donors (Lipinski definition) is 2. The minimum absolute atomic E-state index is 0.411. The maximum Gasteiger partial charge on any atom is 0.170 e. The Labute approximate surface area is 140 Å². The fraction of sp³-hybridized carbons (Fsp3) is 0.235. The third-order valence-electron chi connectivity index (χ3n) is 3.59. The summed E-state index contributed by atoms with van der Waals surface area (Å²) in [5, 5.41) is 7.67. The molecule has 0 saturated carbocycles. The number of para-hydroxylation sites is 1. The number of halogens is 1. The fourth-order valence-electron chi connectivity index (χ4n) is 2.50. The molecule has 114 valence electrons. The van der Waals surface area contributed by atoms with E-state index in [1.54, 1.807) is 0 Å². The largest absolute Gasteiger partial charge is 0.493 e. The molecule has 0 spiro atoms. The van der Waals surface area contributed by atoms with E-state index < -0.39 is 0 Å². The van der Waals surface area contributed by atoms with Crippen LogP contribution < -0.4 is 15.4 Å². The molecule has 22 heavy (non-hydrogen) atoms. The molecule has 0 saturated heterocycles. The van der Waals surface area contributed by atoms with E-state index in [-0.39, 0.29) is 0 Å². The van der Waals surface area contributed by atoms with Crippen LogP contribution in [0.5, 0.6) is 5.75 Å². The van der Waals surface area contributed by atoms with Crippen LogP contribution in [0.2, 0.25) is 5.02 Å². The van der Waals surface area contributed by atoms with Gasteiger partial charge in [0.05, 0.1) is 6.61 Å². The standard InChI is InChI=1S/C17H17ClN2OS/c18-14-5-3-6-15(9-14)20-17(22)19-10-12-8-13-4-1-2-7-16(13)21-11-12/h1-7,9,12H,8,10-11H2,(H2,19,20,22)/t12-/m1/s1. The molecule has 1 aliphatic heterocycles. The van der Waals surface area contributed by atoms with Gasteiger partial charge in [-0.3, -0.25) is 0 Å². The van der Waals surface area contributed by atoms with Gasteiger partial charge in [-0.25, -0.2) is 0 Å². The van der Waals surface area contributed by atoms with Crippen molar-refractivity contribution in [2.24, 2.45) is 5.92 Å². The lowest BCUT2D eigenvalue weighted by atomic mass is 9.97. The summed E-state index contributed by atoms with van der Waals surface area (Å²) in [6.07, 6.45) is 1.00. The van der Waals surface area contributed by atoms with Gasteiger partial charge in [-0.1, -0.05) is 35.9 Å². The average molecular weight is 333 g/mol. The van der Waals surface area contributed by atoms with Gasteiger partial charge in [0.2, 0.25) is 0 Å². The second-order valence-electron chi connectivity index (χ2n) is 5.33. The van der Waals surface area contributed by atoms with Crippen LogP contribution >= 0.6 is 23.8 Å². The first-order valence-corrected chi connectivity index (χ1v) is 8.00. The van der Waals surface area contributed by atoms with Crippen molar-refractivity contribution in [1.29, 1.82) is 0 Å². The van der Waals surface area contributed by atoms with E-state index in [2.05, 4.69) is 16.7 Å². The summed E-state index contributed by atoms with van der Waals surface area (Å²) in [5.41, 5.74) is 2.14. The van der Waals surface area contributed by atoms with E-state index in [0.717, 1.165) is 24.4 Å². The quantitative estimate of drug-likeness (QED) is 0.836. The Balaban J connectivity index is 1.50. The molecule has 2 aromatic carbocycles. The summed E-state index contributed by atoms with van der Waals surface area (Å²) in [6.45, 7) is 1.49. The molecular weight excluding hydrogens is 316 g/mol. The van der Waals surface area contributed by atoms with Crippen LogP contribution in [0, 0.1) is 5.92 Å². The van der Waals surface area contributed by atoms with Crippen LogP contribution in [0.4, 0.5) is 5.69 Å². The highest BCUT2D eigenvalue weighted by Gasteiger charge is 2.19. The monoisotopic (exact) mass is 332 g/mol. The molecule has 3 rings (SSSR count). The van der Waals surface area contributed by atoms with E-state index in [1.165, 1.54) is 5.56 Å². The predicted octanol–water partition coefficient (Wildman–Crippen LogP) is 3.88. The van der Waals surface area contributed by atoms with Gasteiger partial charge >= 0.3 is 0 Å². The smallest absolute Gasteiger partial charge is 0.170 e. The Morgan fingerprint density at radius 2 is 2.09 bits per heavy atom. The van der Waals surface area contributed by atoms with Crippen LogP contribution in [0.1, 0.15) is 5.56 Å². The van der Waals surface area contributed by atoms with E-state index >= 15 is 0 Å². The molecule has 2 N–H and O–H groups in total. The summed E-state index contributed by atoms with van der Waals surface area (Å²) in [7, 11) is 0. The molecule has 1 atom stereocenters. The summed E-state index contributed by atoms with van der Waals surface area (Å²) < 4.78 is 5.78. The number of rotatable bonds is 3. The number of nitrogens with one attached hydrogen (secondary N) is 2. The highest BCUT2D eigenvalue weighted by molar-refractivity contribution is 7.80. The van der Waals surface area contributed by atoms with Crippen LogP contribution in [0.25, 0.3) is 0 Å². The van der Waals surface area contributed by atoms with Gasteiger partial charge in [0.25, 0.3) is 0 Å². The van der Waals surface area contributed by atoms with Gasteiger partial charge in [-0.2, -0.15) is 0 Å². The van der Waals surface area contributed by atoms with Gasteiger partial charge in [0.1, 0.15) is 5.75 Å². The van der Waals surface area contributed by atoms with Crippen molar-refractivity contribution in [1.82, 2.24) is 5.32 Å². The van der Waals surface area contributed by atoms with Crippen molar-refractivity contribution < 1.29 is 4.74 Å². The van der Waals surface area contributed by atoms with Crippen molar-refractivity contribution in [3.63, 3.8) is 0 Å². The average Bonchev–Trinajstić information content (AvgIpc) is 2.53. The zero-order valence-corrected chi connectivity index (χ0v) is 13.6. The molecule has 0 bridgehead atoms. The zero-order valence-electron chi connectivity index (χ0n) is 12.0. The number of hydrogen-bond acceptors (Lipinski definition) is 2. The highest BCUT2D eigenvalue weighted by Crippen LogP contribution is 2.26. The van der Waals surface area contributed by atoms with E-state index in [0.29, 0.717) is 22.7 Å².